The average molecular weight is 363 g/mol. The lowest BCUT2D eigenvalue weighted by Crippen LogP contribution is -2.41. The fourth-order valence-electron chi connectivity index (χ4n) is 3.66. The van der Waals surface area contributed by atoms with E-state index in [1.807, 2.05) is 60.7 Å². The van der Waals surface area contributed by atoms with Crippen LogP contribution in [-0.4, -0.2) is 23.2 Å². The van der Waals surface area contributed by atoms with Crippen LogP contribution in [0.25, 0.3) is 0 Å². The lowest BCUT2D eigenvalue weighted by atomic mass is 9.74. The second kappa shape index (κ2) is 8.30. The minimum absolute atomic E-state index is 0.0379. The number of hydrogen-bond donors (Lipinski definition) is 0. The molecule has 0 aliphatic carbocycles. The molecule has 3 rings (SSSR count). The van der Waals surface area contributed by atoms with E-state index in [2.05, 4.69) is 6.92 Å². The van der Waals surface area contributed by atoms with Crippen LogP contribution in [0.15, 0.2) is 65.7 Å². The van der Waals surface area contributed by atoms with Gasteiger partial charge < -0.3 is 9.53 Å². The minimum Gasteiger partial charge on any atom is -0.405 e. The number of carbonyl (C=O) groups excluding carboxylic acids is 2. The van der Waals surface area contributed by atoms with Crippen molar-refractivity contribution in [1.29, 1.82) is 0 Å². The number of aliphatic imine (C=N–C) groups is 1. The van der Waals surface area contributed by atoms with E-state index in [1.54, 1.807) is 6.92 Å². The van der Waals surface area contributed by atoms with Crippen molar-refractivity contribution in [3.8, 4) is 0 Å². The van der Waals surface area contributed by atoms with Gasteiger partial charge in [-0.3, -0.25) is 0 Å². The maximum Gasteiger partial charge on any atom is 0.341 e. The van der Waals surface area contributed by atoms with Gasteiger partial charge in [0.2, 0.25) is 5.90 Å². The molecule has 4 nitrogen and oxygen atoms in total. The molecule has 2 aromatic rings. The summed E-state index contributed by atoms with van der Waals surface area (Å²) < 4.78 is 5.64. The van der Waals surface area contributed by atoms with E-state index in [1.165, 1.54) is 0 Å². The molecule has 0 aromatic heterocycles. The van der Waals surface area contributed by atoms with Gasteiger partial charge in [-0.1, -0.05) is 68.3 Å². The van der Waals surface area contributed by atoms with E-state index in [0.717, 1.165) is 24.0 Å². The molecule has 0 amide bonds. The van der Waals surface area contributed by atoms with E-state index < -0.39 is 5.54 Å². The molecule has 1 heterocycles. The minimum atomic E-state index is -1.06. The Labute approximate surface area is 160 Å². The first-order valence-corrected chi connectivity index (χ1v) is 9.48. The second-order valence-electron chi connectivity index (χ2n) is 7.07. The normalized spacial score (nSPS) is 20.1. The summed E-state index contributed by atoms with van der Waals surface area (Å²) in [5.74, 6) is -0.307. The van der Waals surface area contributed by atoms with Crippen molar-refractivity contribution in [3.63, 3.8) is 0 Å². The zero-order valence-corrected chi connectivity index (χ0v) is 15.9. The average Bonchev–Trinajstić information content (AvgIpc) is 3.03. The zero-order chi connectivity index (χ0) is 19.3. The van der Waals surface area contributed by atoms with Crippen molar-refractivity contribution in [2.75, 3.05) is 0 Å². The van der Waals surface area contributed by atoms with Gasteiger partial charge in [0.25, 0.3) is 0 Å². The Bertz CT molecular complexity index is 829. The summed E-state index contributed by atoms with van der Waals surface area (Å²) in [5.41, 5.74) is 0.659. The molecule has 0 bridgehead atoms. The van der Waals surface area contributed by atoms with E-state index in [4.69, 9.17) is 9.73 Å². The van der Waals surface area contributed by atoms with Crippen LogP contribution >= 0.6 is 0 Å². The maximum absolute atomic E-state index is 13.1. The molecule has 4 heteroatoms. The summed E-state index contributed by atoms with van der Waals surface area (Å²) in [7, 11) is 0. The molecular formula is C23H25NO3. The molecule has 0 fully saturated rings. The van der Waals surface area contributed by atoms with Crippen LogP contribution in [0.2, 0.25) is 0 Å². The molecule has 2 aromatic carbocycles. The third-order valence-corrected chi connectivity index (χ3v) is 5.05. The highest BCUT2D eigenvalue weighted by molar-refractivity contribution is 6.08. The number of benzene rings is 2. The zero-order valence-electron chi connectivity index (χ0n) is 15.9. The number of ether oxygens (including phenoxy) is 1. The van der Waals surface area contributed by atoms with Gasteiger partial charge >= 0.3 is 5.97 Å². The van der Waals surface area contributed by atoms with Crippen molar-refractivity contribution in [2.24, 2.45) is 4.99 Å². The monoisotopic (exact) mass is 363 g/mol. The number of unbranched alkanes of at least 4 members (excludes halogenated alkanes) is 1. The number of nitrogens with zero attached hydrogens (tertiary/aromatic N) is 1. The van der Waals surface area contributed by atoms with Crippen molar-refractivity contribution in [3.05, 3.63) is 71.8 Å². The molecular weight excluding hydrogens is 338 g/mol. The molecule has 140 valence electrons. The first-order chi connectivity index (χ1) is 13.1. The fourth-order valence-corrected chi connectivity index (χ4v) is 3.66. The Kier molecular flexibility index (Phi) is 5.84. The highest BCUT2D eigenvalue weighted by Crippen LogP contribution is 2.43. The van der Waals surface area contributed by atoms with Crippen molar-refractivity contribution in [1.82, 2.24) is 0 Å². The van der Waals surface area contributed by atoms with Gasteiger partial charge in [-0.05, 0) is 31.0 Å². The van der Waals surface area contributed by atoms with Crippen molar-refractivity contribution in [2.45, 2.75) is 51.0 Å². The Hall–Kier alpha value is -2.75. The third-order valence-electron chi connectivity index (χ3n) is 5.05. The van der Waals surface area contributed by atoms with Crippen LogP contribution < -0.4 is 0 Å². The summed E-state index contributed by atoms with van der Waals surface area (Å²) in [6.07, 6.45) is 2.59. The smallest absolute Gasteiger partial charge is 0.341 e. The van der Waals surface area contributed by atoms with Crippen LogP contribution in [0.1, 0.15) is 56.6 Å². The van der Waals surface area contributed by atoms with Crippen molar-refractivity contribution < 1.29 is 14.3 Å². The van der Waals surface area contributed by atoms with Crippen molar-refractivity contribution >= 4 is 17.7 Å². The van der Waals surface area contributed by atoms with Gasteiger partial charge in [-0.2, -0.15) is 0 Å². The molecule has 0 saturated carbocycles. The molecule has 1 aliphatic heterocycles. The van der Waals surface area contributed by atoms with Gasteiger partial charge in [0.1, 0.15) is 5.78 Å². The number of ketones is 1. The number of Topliss-reactive ketones (excluding diaryl/α,β-unsaturated/α-hetero) is 1. The third kappa shape index (κ3) is 4.00. The number of hydrogen-bond acceptors (Lipinski definition) is 4. The summed E-state index contributed by atoms with van der Waals surface area (Å²) in [5, 5.41) is 0. The number of esters is 1. The highest BCUT2D eigenvalue weighted by atomic mass is 16.6. The topological polar surface area (TPSA) is 55.7 Å². The van der Waals surface area contributed by atoms with Gasteiger partial charge in [0.05, 0.1) is 0 Å². The van der Waals surface area contributed by atoms with Crippen LogP contribution in [0.3, 0.4) is 0 Å². The summed E-state index contributed by atoms with van der Waals surface area (Å²) in [4.78, 5) is 30.0. The molecule has 1 aliphatic rings. The predicted molar refractivity (Wildman–Crippen MR) is 106 cm³/mol. The Balaban J connectivity index is 2.11. The molecule has 27 heavy (non-hydrogen) atoms. The van der Waals surface area contributed by atoms with Gasteiger partial charge in [0.15, 0.2) is 5.54 Å². The van der Waals surface area contributed by atoms with E-state index in [9.17, 15) is 9.59 Å². The van der Waals surface area contributed by atoms with Crippen LogP contribution in [0.4, 0.5) is 0 Å². The highest BCUT2D eigenvalue weighted by Gasteiger charge is 2.52. The number of cyclic esters (lactones) is 1. The summed E-state index contributed by atoms with van der Waals surface area (Å²) >= 11 is 0. The molecule has 0 saturated heterocycles. The number of carbonyl (C=O) groups is 2. The standard InChI is InChI=1S/C23H25NO3/c1-3-4-15-23(20(16-17(2)25)18-11-7-5-8-12-18)22(26)27-21(24-23)19-13-9-6-10-14-19/h5-14,20H,3-4,15-16H2,1-2H3/t20-,23+/m0/s1. The largest absolute Gasteiger partial charge is 0.405 e. The SMILES string of the molecule is CCCC[C@]1([C@@H](CC(C)=O)c2ccccc2)N=C(c2ccccc2)OC1=O. The van der Waals surface area contributed by atoms with Crippen LogP contribution in [0, 0.1) is 0 Å². The summed E-state index contributed by atoms with van der Waals surface area (Å²) in [6, 6.07) is 19.2. The van der Waals surface area contributed by atoms with Crippen LogP contribution in [-0.2, 0) is 14.3 Å². The molecule has 0 unspecified atom stereocenters. The van der Waals surface area contributed by atoms with E-state index in [0.29, 0.717) is 12.3 Å². The first-order valence-electron chi connectivity index (χ1n) is 9.48. The van der Waals surface area contributed by atoms with Gasteiger partial charge in [0, 0.05) is 17.9 Å². The van der Waals surface area contributed by atoms with Crippen LogP contribution in [0.5, 0.6) is 0 Å². The maximum atomic E-state index is 13.1. The van der Waals surface area contributed by atoms with Gasteiger partial charge in [-0.15, -0.1) is 0 Å². The lowest BCUT2D eigenvalue weighted by Gasteiger charge is -2.31. The lowest BCUT2D eigenvalue weighted by molar-refractivity contribution is -0.140. The Morgan fingerprint density at radius 1 is 1.07 bits per heavy atom. The van der Waals surface area contributed by atoms with E-state index >= 15 is 0 Å². The predicted octanol–water partition coefficient (Wildman–Crippen LogP) is 4.68. The van der Waals surface area contributed by atoms with E-state index in [-0.39, 0.29) is 24.1 Å². The second-order valence-corrected chi connectivity index (χ2v) is 7.07. The summed E-state index contributed by atoms with van der Waals surface area (Å²) in [6.45, 7) is 3.64. The number of rotatable bonds is 8. The molecule has 0 radical (unpaired) electrons. The van der Waals surface area contributed by atoms with Gasteiger partial charge in [-0.25, -0.2) is 9.79 Å². The molecule has 0 spiro atoms. The quantitative estimate of drug-likeness (QED) is 0.640. The first kappa shape index (κ1) is 19.0. The fraction of sp³-hybridized carbons (Fsp3) is 0.348. The molecule has 2 atom stereocenters. The Morgan fingerprint density at radius 2 is 1.70 bits per heavy atom. The Morgan fingerprint density at radius 3 is 2.30 bits per heavy atom. The molecule has 0 N–H and O–H groups in total.